The number of carbonyl (C=O) groups is 2. The van der Waals surface area contributed by atoms with E-state index < -0.39 is 16.1 Å². The summed E-state index contributed by atoms with van der Waals surface area (Å²) in [5, 5.41) is 3.37. The largest absolute Gasteiger partial charge is 0.357 e. The molecule has 0 spiro atoms. The molecule has 0 aliphatic heterocycles. The Morgan fingerprint density at radius 2 is 1.73 bits per heavy atom. The molecule has 7 nitrogen and oxygen atoms in total. The van der Waals surface area contributed by atoms with Crippen LogP contribution in [0.1, 0.15) is 31.7 Å². The summed E-state index contributed by atoms with van der Waals surface area (Å²) in [4.78, 5) is 27.3. The molecule has 0 aromatic heterocycles. The van der Waals surface area contributed by atoms with Crippen molar-refractivity contribution in [1.29, 1.82) is 0 Å². The average molecular weight is 514 g/mol. The Balaban J connectivity index is 2.12. The minimum absolute atomic E-state index is 0.0868. The maximum absolute atomic E-state index is 13.1. The molecule has 1 N–H and O–H groups in total. The number of sulfonamides is 1. The quantitative estimate of drug-likeness (QED) is 0.492. The van der Waals surface area contributed by atoms with Gasteiger partial charge in [-0.3, -0.25) is 9.59 Å². The Bertz CT molecular complexity index is 1060. The molecule has 0 saturated carbocycles. The van der Waals surface area contributed by atoms with Gasteiger partial charge in [0.15, 0.2) is 0 Å². The van der Waals surface area contributed by atoms with Crippen molar-refractivity contribution in [2.75, 3.05) is 20.6 Å². The fourth-order valence-electron chi connectivity index (χ4n) is 3.41. The third-order valence-electron chi connectivity index (χ3n) is 5.28. The number of hydrogen-bond acceptors (Lipinski definition) is 4. The van der Waals surface area contributed by atoms with E-state index >= 15 is 0 Å². The van der Waals surface area contributed by atoms with E-state index in [1.54, 1.807) is 36.4 Å². The van der Waals surface area contributed by atoms with Crippen LogP contribution in [0.3, 0.4) is 0 Å². The van der Waals surface area contributed by atoms with Crippen molar-refractivity contribution in [3.8, 4) is 0 Å². The predicted octanol–water partition coefficient (Wildman–Crippen LogP) is 3.95. The molecule has 2 aromatic rings. The number of rotatable bonds is 11. The summed E-state index contributed by atoms with van der Waals surface area (Å²) in [6.07, 6.45) is 0.821. The summed E-state index contributed by atoms with van der Waals surface area (Å²) < 4.78 is 26.6. The monoisotopic (exact) mass is 513 g/mol. The first kappa shape index (κ1) is 27.1. The van der Waals surface area contributed by atoms with E-state index in [0.717, 1.165) is 5.56 Å². The molecule has 2 rings (SSSR count). The van der Waals surface area contributed by atoms with E-state index in [4.69, 9.17) is 23.2 Å². The van der Waals surface area contributed by atoms with Gasteiger partial charge in [-0.1, -0.05) is 54.4 Å². The van der Waals surface area contributed by atoms with Gasteiger partial charge in [-0.25, -0.2) is 12.7 Å². The van der Waals surface area contributed by atoms with Crippen molar-refractivity contribution >= 4 is 45.0 Å². The average Bonchev–Trinajstić information content (AvgIpc) is 2.81. The third-order valence-corrected chi connectivity index (χ3v) is 7.89. The maximum atomic E-state index is 13.1. The van der Waals surface area contributed by atoms with Crippen LogP contribution in [0.4, 0.5) is 0 Å². The number of benzene rings is 2. The Kier molecular flexibility index (Phi) is 10.2. The molecule has 0 radical (unpaired) electrons. The van der Waals surface area contributed by atoms with Crippen molar-refractivity contribution in [1.82, 2.24) is 14.5 Å². The van der Waals surface area contributed by atoms with Crippen LogP contribution in [0.5, 0.6) is 0 Å². The molecule has 0 heterocycles. The van der Waals surface area contributed by atoms with Crippen molar-refractivity contribution in [2.24, 2.45) is 0 Å². The number of amides is 2. The highest BCUT2D eigenvalue weighted by Gasteiger charge is 2.28. The lowest BCUT2D eigenvalue weighted by atomic mass is 10.1. The first-order chi connectivity index (χ1) is 15.6. The van der Waals surface area contributed by atoms with Gasteiger partial charge >= 0.3 is 0 Å². The molecular weight excluding hydrogens is 485 g/mol. The molecule has 180 valence electrons. The minimum Gasteiger partial charge on any atom is -0.357 e. The molecule has 0 fully saturated rings. The van der Waals surface area contributed by atoms with Crippen LogP contribution < -0.4 is 5.32 Å². The summed E-state index contributed by atoms with van der Waals surface area (Å²) in [7, 11) is -0.626. The Hall–Kier alpha value is -2.13. The van der Waals surface area contributed by atoms with E-state index in [2.05, 4.69) is 5.32 Å². The first-order valence-electron chi connectivity index (χ1n) is 10.6. The van der Waals surface area contributed by atoms with Crippen molar-refractivity contribution in [2.45, 2.75) is 43.7 Å². The molecule has 2 amide bonds. The molecule has 0 bridgehead atoms. The zero-order valence-corrected chi connectivity index (χ0v) is 21.3. The van der Waals surface area contributed by atoms with Crippen LogP contribution >= 0.6 is 23.2 Å². The van der Waals surface area contributed by atoms with Gasteiger partial charge in [0.2, 0.25) is 21.8 Å². The second kappa shape index (κ2) is 12.4. The summed E-state index contributed by atoms with van der Waals surface area (Å²) in [6, 6.07) is 12.5. The van der Waals surface area contributed by atoms with Crippen LogP contribution in [0.25, 0.3) is 0 Å². The number of likely N-dealkylation sites (N-methyl/N-ethyl adjacent to an activating group) is 1. The van der Waals surface area contributed by atoms with Crippen molar-refractivity contribution in [3.63, 3.8) is 0 Å². The van der Waals surface area contributed by atoms with Crippen LogP contribution in [0, 0.1) is 0 Å². The van der Waals surface area contributed by atoms with Crippen LogP contribution in [0.2, 0.25) is 10.0 Å². The molecule has 33 heavy (non-hydrogen) atoms. The minimum atomic E-state index is -3.64. The number of halogens is 2. The Morgan fingerprint density at radius 1 is 1.06 bits per heavy atom. The first-order valence-corrected chi connectivity index (χ1v) is 12.8. The SMILES string of the molecule is CCC(C(=O)NC)N(Cc1ccc(Cl)c(Cl)c1)C(=O)CCCN(C)S(=O)(=O)c1ccccc1. The van der Waals surface area contributed by atoms with Gasteiger partial charge < -0.3 is 10.2 Å². The van der Waals surface area contributed by atoms with Gasteiger partial charge in [0.1, 0.15) is 6.04 Å². The number of carbonyl (C=O) groups excluding carboxylic acids is 2. The summed E-state index contributed by atoms with van der Waals surface area (Å²) in [5.74, 6) is -0.517. The second-order valence-electron chi connectivity index (χ2n) is 7.55. The number of hydrogen-bond donors (Lipinski definition) is 1. The fraction of sp³-hybridized carbons (Fsp3) is 0.391. The van der Waals surface area contributed by atoms with Crippen LogP contribution in [0.15, 0.2) is 53.4 Å². The van der Waals surface area contributed by atoms with E-state index in [1.807, 2.05) is 6.92 Å². The zero-order chi connectivity index (χ0) is 24.6. The molecule has 1 atom stereocenters. The lowest BCUT2D eigenvalue weighted by molar-refractivity contribution is -0.141. The van der Waals surface area contributed by atoms with Gasteiger partial charge in [-0.2, -0.15) is 0 Å². The standard InChI is InChI=1S/C23H29Cl2N3O4S/c1-4-21(23(30)26-2)28(16-17-12-13-19(24)20(25)15-17)22(29)11-8-14-27(3)33(31,32)18-9-6-5-7-10-18/h5-7,9-10,12-13,15,21H,4,8,11,14,16H2,1-3H3,(H,26,30). The lowest BCUT2D eigenvalue weighted by Crippen LogP contribution is -2.48. The zero-order valence-electron chi connectivity index (χ0n) is 18.9. The third kappa shape index (κ3) is 7.17. The van der Waals surface area contributed by atoms with Gasteiger partial charge in [-0.05, 0) is 42.7 Å². The predicted molar refractivity (Wildman–Crippen MR) is 131 cm³/mol. The number of nitrogens with one attached hydrogen (secondary N) is 1. The smallest absolute Gasteiger partial charge is 0.242 e. The van der Waals surface area contributed by atoms with E-state index in [0.29, 0.717) is 22.9 Å². The molecule has 0 saturated heterocycles. The van der Waals surface area contributed by atoms with Crippen LogP contribution in [-0.2, 0) is 26.2 Å². The summed E-state index contributed by atoms with van der Waals surface area (Å²) in [5.41, 5.74) is 0.740. The second-order valence-corrected chi connectivity index (χ2v) is 10.4. The lowest BCUT2D eigenvalue weighted by Gasteiger charge is -2.30. The van der Waals surface area contributed by atoms with E-state index in [9.17, 15) is 18.0 Å². The highest BCUT2D eigenvalue weighted by Crippen LogP contribution is 2.24. The van der Waals surface area contributed by atoms with Gasteiger partial charge in [0.25, 0.3) is 0 Å². The van der Waals surface area contributed by atoms with Gasteiger partial charge in [-0.15, -0.1) is 0 Å². The molecule has 0 aliphatic carbocycles. The summed E-state index contributed by atoms with van der Waals surface area (Å²) in [6.45, 7) is 2.18. The summed E-state index contributed by atoms with van der Waals surface area (Å²) >= 11 is 12.1. The molecule has 10 heteroatoms. The molecule has 0 aliphatic rings. The van der Waals surface area contributed by atoms with Crippen molar-refractivity contribution < 1.29 is 18.0 Å². The van der Waals surface area contributed by atoms with Crippen molar-refractivity contribution in [3.05, 3.63) is 64.1 Å². The van der Waals surface area contributed by atoms with Gasteiger partial charge in [0.05, 0.1) is 14.9 Å². The highest BCUT2D eigenvalue weighted by atomic mass is 35.5. The number of nitrogens with zero attached hydrogens (tertiary/aromatic N) is 2. The van der Waals surface area contributed by atoms with Gasteiger partial charge in [0, 0.05) is 33.6 Å². The fourth-order valence-corrected chi connectivity index (χ4v) is 4.96. The maximum Gasteiger partial charge on any atom is 0.242 e. The van der Waals surface area contributed by atoms with E-state index in [-0.39, 0.29) is 36.2 Å². The normalized spacial score (nSPS) is 12.4. The topological polar surface area (TPSA) is 86.8 Å². The van der Waals surface area contributed by atoms with E-state index in [1.165, 1.54) is 35.4 Å². The molecule has 1 unspecified atom stereocenters. The van der Waals surface area contributed by atoms with Crippen LogP contribution in [-0.4, -0.2) is 56.1 Å². The Morgan fingerprint density at radius 3 is 2.30 bits per heavy atom. The highest BCUT2D eigenvalue weighted by molar-refractivity contribution is 7.89. The Labute approximate surface area is 205 Å². The molecule has 2 aromatic carbocycles. The molecular formula is C23H29Cl2N3O4S.